The molecule has 4 nitrogen and oxygen atoms in total. The van der Waals surface area contributed by atoms with Gasteiger partial charge in [-0.05, 0) is 70.1 Å². The summed E-state index contributed by atoms with van der Waals surface area (Å²) >= 11 is 0. The number of hydrogen-bond donors (Lipinski definition) is 1. The Morgan fingerprint density at radius 1 is 1.19 bits per heavy atom. The molecular weight excluding hydrogens is 334 g/mol. The lowest BCUT2D eigenvalue weighted by molar-refractivity contribution is -0.138. The molecular formula is C23H35N3O. The fourth-order valence-electron chi connectivity index (χ4n) is 5.55. The van der Waals surface area contributed by atoms with Gasteiger partial charge in [-0.2, -0.15) is 0 Å². The van der Waals surface area contributed by atoms with E-state index in [0.29, 0.717) is 17.4 Å². The van der Waals surface area contributed by atoms with E-state index in [-0.39, 0.29) is 6.04 Å². The Hall–Kier alpha value is -1.39. The number of carbonyl (C=O) groups excluding carboxylic acids is 1. The smallest absolute Gasteiger partial charge is 0.240 e. The summed E-state index contributed by atoms with van der Waals surface area (Å²) in [6.07, 6.45) is 8.33. The monoisotopic (exact) mass is 369 g/mol. The average molecular weight is 370 g/mol. The third-order valence-corrected chi connectivity index (χ3v) is 7.21. The van der Waals surface area contributed by atoms with Gasteiger partial charge in [-0.3, -0.25) is 9.69 Å². The van der Waals surface area contributed by atoms with E-state index in [0.717, 1.165) is 32.6 Å². The Labute approximate surface area is 164 Å². The van der Waals surface area contributed by atoms with E-state index >= 15 is 0 Å². The second-order valence-corrected chi connectivity index (χ2v) is 9.28. The van der Waals surface area contributed by atoms with Crippen molar-refractivity contribution in [3.63, 3.8) is 0 Å². The Morgan fingerprint density at radius 2 is 1.85 bits per heavy atom. The molecule has 1 unspecified atom stereocenters. The maximum absolute atomic E-state index is 13.7. The number of benzene rings is 1. The Morgan fingerprint density at radius 3 is 2.52 bits per heavy atom. The van der Waals surface area contributed by atoms with E-state index < -0.39 is 0 Å². The van der Waals surface area contributed by atoms with Crippen molar-refractivity contribution in [2.45, 2.75) is 70.5 Å². The fourth-order valence-corrected chi connectivity index (χ4v) is 5.55. The molecule has 0 bridgehead atoms. The lowest BCUT2D eigenvalue weighted by atomic mass is 9.77. The Bertz CT molecular complexity index is 644. The van der Waals surface area contributed by atoms with Gasteiger partial charge in [0.2, 0.25) is 5.91 Å². The third kappa shape index (κ3) is 4.07. The van der Waals surface area contributed by atoms with Crippen molar-refractivity contribution in [3.05, 3.63) is 35.4 Å². The average Bonchev–Trinajstić information content (AvgIpc) is 3.30. The molecule has 1 atom stereocenters. The number of likely N-dealkylation sites (N-methyl/N-ethyl adjacent to an activating group) is 1. The zero-order valence-corrected chi connectivity index (χ0v) is 17.0. The van der Waals surface area contributed by atoms with E-state index in [2.05, 4.69) is 53.4 Å². The molecule has 2 aliphatic heterocycles. The molecule has 3 fully saturated rings. The normalized spacial score (nSPS) is 25.9. The lowest BCUT2D eigenvalue weighted by Gasteiger charge is -2.34. The molecule has 1 N–H and O–H groups in total. The number of piperidine rings is 1. The predicted octanol–water partition coefficient (Wildman–Crippen LogP) is 3.34. The molecule has 3 aliphatic rings. The number of amides is 1. The number of nitrogens with zero attached hydrogens (tertiary/aromatic N) is 2. The van der Waals surface area contributed by atoms with Crippen LogP contribution in [0.2, 0.25) is 0 Å². The van der Waals surface area contributed by atoms with Crippen LogP contribution in [-0.4, -0.2) is 54.5 Å². The van der Waals surface area contributed by atoms with Crippen LogP contribution >= 0.6 is 0 Å². The first-order valence-electron chi connectivity index (χ1n) is 10.8. The largest absolute Gasteiger partial charge is 0.334 e. The molecule has 2 heterocycles. The minimum atomic E-state index is 0.0640. The molecule has 148 valence electrons. The standard InChI is InChI=1S/C23H35N3O/c1-18-7-9-19(10-8-18)16-26(20-5-3-4-6-20)22(27)21-15-23(17-25(21)2)11-13-24-14-12-23/h7-10,20-21,24H,3-6,11-17H2,1-2H3. The predicted molar refractivity (Wildman–Crippen MR) is 110 cm³/mol. The second kappa shape index (κ2) is 7.92. The van der Waals surface area contributed by atoms with Gasteiger partial charge in [0.05, 0.1) is 6.04 Å². The maximum atomic E-state index is 13.7. The number of aryl methyl sites for hydroxylation is 1. The quantitative estimate of drug-likeness (QED) is 0.884. The summed E-state index contributed by atoms with van der Waals surface area (Å²) in [6, 6.07) is 9.21. The molecule has 1 aromatic carbocycles. The highest BCUT2D eigenvalue weighted by atomic mass is 16.2. The van der Waals surface area contributed by atoms with Gasteiger partial charge < -0.3 is 10.2 Å². The van der Waals surface area contributed by atoms with Crippen molar-refractivity contribution in [3.8, 4) is 0 Å². The summed E-state index contributed by atoms with van der Waals surface area (Å²) < 4.78 is 0. The van der Waals surface area contributed by atoms with E-state index in [1.54, 1.807) is 0 Å². The van der Waals surface area contributed by atoms with Gasteiger partial charge in [-0.15, -0.1) is 0 Å². The summed E-state index contributed by atoms with van der Waals surface area (Å²) in [5.41, 5.74) is 2.89. The van der Waals surface area contributed by atoms with Crippen molar-refractivity contribution in [2.24, 2.45) is 5.41 Å². The highest BCUT2D eigenvalue weighted by molar-refractivity contribution is 5.82. The van der Waals surface area contributed by atoms with Crippen molar-refractivity contribution in [2.75, 3.05) is 26.7 Å². The van der Waals surface area contributed by atoms with Crippen LogP contribution in [0.1, 0.15) is 56.1 Å². The Kier molecular flexibility index (Phi) is 5.56. The Balaban J connectivity index is 1.52. The van der Waals surface area contributed by atoms with Gasteiger partial charge in [-0.1, -0.05) is 42.7 Å². The van der Waals surface area contributed by atoms with Crippen molar-refractivity contribution in [1.82, 2.24) is 15.1 Å². The second-order valence-electron chi connectivity index (χ2n) is 9.28. The summed E-state index contributed by atoms with van der Waals surface area (Å²) in [4.78, 5) is 18.3. The van der Waals surface area contributed by atoms with E-state index in [9.17, 15) is 4.79 Å². The lowest BCUT2D eigenvalue weighted by Crippen LogP contribution is -2.47. The molecule has 1 spiro atoms. The molecule has 2 saturated heterocycles. The van der Waals surface area contributed by atoms with Crippen molar-refractivity contribution >= 4 is 5.91 Å². The minimum absolute atomic E-state index is 0.0640. The van der Waals surface area contributed by atoms with Gasteiger partial charge in [0.1, 0.15) is 0 Å². The van der Waals surface area contributed by atoms with Gasteiger partial charge in [0.15, 0.2) is 0 Å². The third-order valence-electron chi connectivity index (χ3n) is 7.21. The highest BCUT2D eigenvalue weighted by Crippen LogP contribution is 2.42. The first-order chi connectivity index (χ1) is 13.1. The zero-order chi connectivity index (χ0) is 18.9. The topological polar surface area (TPSA) is 35.6 Å². The van der Waals surface area contributed by atoms with Crippen LogP contribution in [-0.2, 0) is 11.3 Å². The molecule has 4 rings (SSSR count). The van der Waals surface area contributed by atoms with Crippen LogP contribution in [0, 0.1) is 12.3 Å². The van der Waals surface area contributed by atoms with Crippen LogP contribution in [0.25, 0.3) is 0 Å². The van der Waals surface area contributed by atoms with E-state index in [4.69, 9.17) is 0 Å². The number of rotatable bonds is 4. The molecule has 0 aromatic heterocycles. The van der Waals surface area contributed by atoms with Crippen LogP contribution in [0.4, 0.5) is 0 Å². The number of carbonyl (C=O) groups is 1. The first kappa shape index (κ1) is 18.9. The summed E-state index contributed by atoms with van der Waals surface area (Å²) in [6.45, 7) is 6.17. The molecule has 4 heteroatoms. The van der Waals surface area contributed by atoms with Crippen molar-refractivity contribution < 1.29 is 4.79 Å². The molecule has 0 radical (unpaired) electrons. The number of likely N-dealkylation sites (tertiary alicyclic amines) is 1. The number of nitrogens with one attached hydrogen (secondary N) is 1. The minimum Gasteiger partial charge on any atom is -0.334 e. The van der Waals surface area contributed by atoms with Gasteiger partial charge in [0, 0.05) is 19.1 Å². The van der Waals surface area contributed by atoms with Crippen molar-refractivity contribution in [1.29, 1.82) is 0 Å². The fraction of sp³-hybridized carbons (Fsp3) is 0.696. The van der Waals surface area contributed by atoms with Crippen LogP contribution in [0.3, 0.4) is 0 Å². The van der Waals surface area contributed by atoms with Gasteiger partial charge in [0.25, 0.3) is 0 Å². The van der Waals surface area contributed by atoms with E-state index in [1.807, 2.05) is 0 Å². The van der Waals surface area contributed by atoms with Crippen LogP contribution in [0.15, 0.2) is 24.3 Å². The maximum Gasteiger partial charge on any atom is 0.240 e. The molecule has 27 heavy (non-hydrogen) atoms. The molecule has 1 amide bonds. The molecule has 1 saturated carbocycles. The van der Waals surface area contributed by atoms with Gasteiger partial charge >= 0.3 is 0 Å². The summed E-state index contributed by atoms with van der Waals surface area (Å²) in [5.74, 6) is 0.375. The van der Waals surface area contributed by atoms with E-state index in [1.165, 1.54) is 49.7 Å². The molecule has 1 aromatic rings. The molecule has 1 aliphatic carbocycles. The summed E-state index contributed by atoms with van der Waals surface area (Å²) in [5, 5.41) is 3.49. The highest BCUT2D eigenvalue weighted by Gasteiger charge is 2.47. The first-order valence-corrected chi connectivity index (χ1v) is 10.8. The SMILES string of the molecule is Cc1ccc(CN(C(=O)C2CC3(CCNCC3)CN2C)C2CCCC2)cc1. The van der Waals surface area contributed by atoms with Crippen LogP contribution < -0.4 is 5.32 Å². The van der Waals surface area contributed by atoms with Crippen LogP contribution in [0.5, 0.6) is 0 Å². The van der Waals surface area contributed by atoms with Gasteiger partial charge in [-0.25, -0.2) is 0 Å². The number of hydrogen-bond acceptors (Lipinski definition) is 3. The zero-order valence-electron chi connectivity index (χ0n) is 17.0. The summed E-state index contributed by atoms with van der Waals surface area (Å²) in [7, 11) is 2.16.